The molecule has 1 unspecified atom stereocenters. The van der Waals surface area contributed by atoms with Crippen molar-refractivity contribution in [2.45, 2.75) is 18.9 Å². The summed E-state index contributed by atoms with van der Waals surface area (Å²) in [7, 11) is 0. The predicted octanol–water partition coefficient (Wildman–Crippen LogP) is 2.89. The number of rotatable bonds is 6. The molecule has 1 aromatic carbocycles. The van der Waals surface area contributed by atoms with E-state index >= 15 is 0 Å². The Balaban J connectivity index is 0.00000208. The predicted molar refractivity (Wildman–Crippen MR) is 99.0 cm³/mol. The first-order valence-corrected chi connectivity index (χ1v) is 8.57. The molecule has 2 aromatic rings. The molecule has 3 rings (SSSR count). The first-order valence-electron chi connectivity index (χ1n) is 7.62. The maximum Gasteiger partial charge on any atom is 0.256 e. The minimum Gasteiger partial charge on any atom is -0.348 e. The SMILES string of the molecule is Cl.NCC(NC(=O)c1ccccc1NC(=O)c1ccsc1)C1CC1. The van der Waals surface area contributed by atoms with E-state index in [1.54, 1.807) is 35.7 Å². The molecule has 0 spiro atoms. The molecule has 1 atom stereocenters. The van der Waals surface area contributed by atoms with Gasteiger partial charge in [0.25, 0.3) is 11.8 Å². The van der Waals surface area contributed by atoms with Crippen molar-refractivity contribution in [3.05, 3.63) is 52.2 Å². The largest absolute Gasteiger partial charge is 0.348 e. The Morgan fingerprint density at radius 2 is 1.96 bits per heavy atom. The summed E-state index contributed by atoms with van der Waals surface area (Å²) in [6, 6.07) is 8.76. The fraction of sp³-hybridized carbons (Fsp3) is 0.294. The highest BCUT2D eigenvalue weighted by atomic mass is 35.5. The smallest absolute Gasteiger partial charge is 0.256 e. The molecule has 5 nitrogen and oxygen atoms in total. The standard InChI is InChI=1S/C17H19N3O2S.ClH/c18-9-15(11-5-6-11)20-17(22)13-3-1-2-4-14(13)19-16(21)12-7-8-23-10-12;/h1-4,7-8,10-11,15H,5-6,9,18H2,(H,19,21)(H,20,22);1H. The first kappa shape index (κ1) is 18.4. The summed E-state index contributed by atoms with van der Waals surface area (Å²) >= 11 is 1.46. The average Bonchev–Trinajstić information content (AvgIpc) is 3.25. The zero-order valence-corrected chi connectivity index (χ0v) is 14.7. The van der Waals surface area contributed by atoms with Gasteiger partial charge in [-0.05, 0) is 42.3 Å². The second-order valence-electron chi connectivity index (χ2n) is 5.66. The summed E-state index contributed by atoms with van der Waals surface area (Å²) in [5.74, 6) is 0.0640. The lowest BCUT2D eigenvalue weighted by atomic mass is 10.1. The quantitative estimate of drug-likeness (QED) is 0.735. The van der Waals surface area contributed by atoms with Crippen LogP contribution >= 0.6 is 23.7 Å². The Morgan fingerprint density at radius 3 is 2.58 bits per heavy atom. The van der Waals surface area contributed by atoms with Crippen LogP contribution in [0, 0.1) is 5.92 Å². The Kier molecular flexibility index (Phi) is 6.36. The second kappa shape index (κ2) is 8.28. The number of halogens is 1. The van der Waals surface area contributed by atoms with E-state index in [0.717, 1.165) is 12.8 Å². The van der Waals surface area contributed by atoms with E-state index in [0.29, 0.717) is 29.3 Å². The van der Waals surface area contributed by atoms with Crippen LogP contribution in [0.5, 0.6) is 0 Å². The van der Waals surface area contributed by atoms with E-state index in [-0.39, 0.29) is 30.3 Å². The molecule has 0 aliphatic heterocycles. The molecule has 1 aromatic heterocycles. The molecule has 1 fully saturated rings. The zero-order chi connectivity index (χ0) is 16.2. The van der Waals surface area contributed by atoms with E-state index in [4.69, 9.17) is 5.73 Å². The van der Waals surface area contributed by atoms with E-state index in [2.05, 4.69) is 10.6 Å². The number of hydrogen-bond acceptors (Lipinski definition) is 4. The molecule has 0 bridgehead atoms. The Hall–Kier alpha value is -1.89. The van der Waals surface area contributed by atoms with Gasteiger partial charge in [-0.2, -0.15) is 11.3 Å². The number of nitrogens with two attached hydrogens (primary N) is 1. The molecule has 1 aliphatic carbocycles. The lowest BCUT2D eigenvalue weighted by Crippen LogP contribution is -2.42. The van der Waals surface area contributed by atoms with Crippen molar-refractivity contribution < 1.29 is 9.59 Å². The topological polar surface area (TPSA) is 84.2 Å². The average molecular weight is 366 g/mol. The summed E-state index contributed by atoms with van der Waals surface area (Å²) in [4.78, 5) is 24.7. The third kappa shape index (κ3) is 4.35. The van der Waals surface area contributed by atoms with Crippen molar-refractivity contribution in [2.24, 2.45) is 11.7 Å². The fourth-order valence-corrected chi connectivity index (χ4v) is 3.13. The van der Waals surface area contributed by atoms with Crippen LogP contribution in [0.3, 0.4) is 0 Å². The number of thiophene rings is 1. The monoisotopic (exact) mass is 365 g/mol. The van der Waals surface area contributed by atoms with Gasteiger partial charge in [-0.25, -0.2) is 0 Å². The van der Waals surface area contributed by atoms with Crippen LogP contribution in [0.1, 0.15) is 33.6 Å². The first-order chi connectivity index (χ1) is 11.2. The third-order valence-corrected chi connectivity index (χ3v) is 4.65. The van der Waals surface area contributed by atoms with Gasteiger partial charge in [0.2, 0.25) is 0 Å². The molecule has 1 saturated carbocycles. The molecule has 2 amide bonds. The van der Waals surface area contributed by atoms with E-state index in [9.17, 15) is 9.59 Å². The van der Waals surface area contributed by atoms with Crippen LogP contribution in [0.4, 0.5) is 5.69 Å². The number of anilines is 1. The highest BCUT2D eigenvalue weighted by molar-refractivity contribution is 7.08. The van der Waals surface area contributed by atoms with Crippen molar-refractivity contribution in [1.29, 1.82) is 0 Å². The van der Waals surface area contributed by atoms with E-state index in [1.165, 1.54) is 11.3 Å². The number of carbonyl (C=O) groups excluding carboxylic acids is 2. The molecule has 1 aliphatic rings. The summed E-state index contributed by atoms with van der Waals surface area (Å²) in [5.41, 5.74) is 7.29. The molecule has 4 N–H and O–H groups in total. The fourth-order valence-electron chi connectivity index (χ4n) is 2.49. The van der Waals surface area contributed by atoms with Crippen molar-refractivity contribution in [2.75, 3.05) is 11.9 Å². The minimum absolute atomic E-state index is 0. The van der Waals surface area contributed by atoms with E-state index < -0.39 is 0 Å². The maximum atomic E-state index is 12.5. The summed E-state index contributed by atoms with van der Waals surface area (Å²) in [6.07, 6.45) is 2.22. The molecular weight excluding hydrogens is 346 g/mol. The summed E-state index contributed by atoms with van der Waals surface area (Å²) < 4.78 is 0. The minimum atomic E-state index is -0.218. The van der Waals surface area contributed by atoms with Crippen LogP contribution in [0.25, 0.3) is 0 Å². The van der Waals surface area contributed by atoms with Crippen LogP contribution in [0.15, 0.2) is 41.1 Å². The van der Waals surface area contributed by atoms with Crippen LogP contribution < -0.4 is 16.4 Å². The van der Waals surface area contributed by atoms with Gasteiger partial charge in [-0.3, -0.25) is 9.59 Å². The van der Waals surface area contributed by atoms with Gasteiger partial charge in [0, 0.05) is 18.0 Å². The number of benzene rings is 1. The molecule has 1 heterocycles. The second-order valence-corrected chi connectivity index (χ2v) is 6.44. The van der Waals surface area contributed by atoms with Gasteiger partial charge >= 0.3 is 0 Å². The van der Waals surface area contributed by atoms with Crippen LogP contribution in [-0.4, -0.2) is 24.4 Å². The van der Waals surface area contributed by atoms with Gasteiger partial charge < -0.3 is 16.4 Å². The summed E-state index contributed by atoms with van der Waals surface area (Å²) in [6.45, 7) is 0.430. The van der Waals surface area contributed by atoms with Crippen LogP contribution in [0.2, 0.25) is 0 Å². The van der Waals surface area contributed by atoms with Crippen LogP contribution in [-0.2, 0) is 0 Å². The normalized spacial score (nSPS) is 14.4. The van der Waals surface area contributed by atoms with Crippen molar-refractivity contribution in [3.8, 4) is 0 Å². The molecule has 24 heavy (non-hydrogen) atoms. The molecule has 0 radical (unpaired) electrons. The van der Waals surface area contributed by atoms with Gasteiger partial charge in [0.05, 0.1) is 16.8 Å². The molecule has 7 heteroatoms. The number of para-hydroxylation sites is 1. The number of nitrogens with one attached hydrogen (secondary N) is 2. The highest BCUT2D eigenvalue weighted by Gasteiger charge is 2.31. The number of hydrogen-bond donors (Lipinski definition) is 3. The van der Waals surface area contributed by atoms with Crippen molar-refractivity contribution in [1.82, 2.24) is 5.32 Å². The molecular formula is C17H20ClN3O2S. The van der Waals surface area contributed by atoms with Crippen molar-refractivity contribution in [3.63, 3.8) is 0 Å². The Bertz CT molecular complexity index is 702. The van der Waals surface area contributed by atoms with Gasteiger partial charge in [0.15, 0.2) is 0 Å². The Labute approximate surface area is 151 Å². The third-order valence-electron chi connectivity index (χ3n) is 3.96. The number of carbonyl (C=O) groups is 2. The number of amides is 2. The highest BCUT2D eigenvalue weighted by Crippen LogP contribution is 2.32. The van der Waals surface area contributed by atoms with Gasteiger partial charge in [0.1, 0.15) is 0 Å². The van der Waals surface area contributed by atoms with Gasteiger partial charge in [-0.1, -0.05) is 12.1 Å². The molecule has 0 saturated heterocycles. The lowest BCUT2D eigenvalue weighted by Gasteiger charge is -2.17. The summed E-state index contributed by atoms with van der Waals surface area (Å²) in [5, 5.41) is 9.40. The van der Waals surface area contributed by atoms with Crippen molar-refractivity contribution >= 4 is 41.2 Å². The van der Waals surface area contributed by atoms with E-state index in [1.807, 2.05) is 5.38 Å². The zero-order valence-electron chi connectivity index (χ0n) is 13.0. The Morgan fingerprint density at radius 1 is 1.21 bits per heavy atom. The van der Waals surface area contributed by atoms with Gasteiger partial charge in [-0.15, -0.1) is 12.4 Å². The molecule has 128 valence electrons. The maximum absolute atomic E-state index is 12.5. The lowest BCUT2D eigenvalue weighted by molar-refractivity contribution is 0.0934.